The second-order valence-corrected chi connectivity index (χ2v) is 8.28. The number of amides is 3. The van der Waals surface area contributed by atoms with Crippen molar-refractivity contribution in [2.45, 2.75) is 44.0 Å². The monoisotopic (exact) mass is 450 g/mol. The van der Waals surface area contributed by atoms with Gasteiger partial charge in [0.15, 0.2) is 0 Å². The number of phenols is 1. The number of aromatic amines is 1. The van der Waals surface area contributed by atoms with E-state index in [0.717, 1.165) is 16.5 Å². The van der Waals surface area contributed by atoms with Gasteiger partial charge in [0.05, 0.1) is 6.10 Å². The molecule has 6 N–H and O–H groups in total. The van der Waals surface area contributed by atoms with E-state index in [2.05, 4.69) is 20.9 Å². The van der Waals surface area contributed by atoms with Crippen molar-refractivity contribution in [2.24, 2.45) is 0 Å². The number of benzene rings is 2. The zero-order valence-electron chi connectivity index (χ0n) is 18.0. The second kappa shape index (κ2) is 9.33. The minimum Gasteiger partial charge on any atom is -0.508 e. The Hall–Kier alpha value is -3.85. The summed E-state index contributed by atoms with van der Waals surface area (Å²) in [4.78, 5) is 42.1. The first-order valence-corrected chi connectivity index (χ1v) is 10.7. The number of nitrogens with one attached hydrogen (secondary N) is 4. The molecule has 0 spiro atoms. The molecule has 0 bridgehead atoms. The van der Waals surface area contributed by atoms with Crippen LogP contribution in [0, 0.1) is 0 Å². The summed E-state index contributed by atoms with van der Waals surface area (Å²) < 4.78 is 0. The number of aromatic hydroxyl groups is 1. The van der Waals surface area contributed by atoms with E-state index < -0.39 is 42.0 Å². The zero-order valence-corrected chi connectivity index (χ0v) is 18.0. The maximum absolute atomic E-state index is 13.1. The van der Waals surface area contributed by atoms with Gasteiger partial charge in [-0.15, -0.1) is 0 Å². The predicted molar refractivity (Wildman–Crippen MR) is 121 cm³/mol. The van der Waals surface area contributed by atoms with Gasteiger partial charge in [-0.2, -0.15) is 0 Å². The molecular weight excluding hydrogens is 424 g/mol. The predicted octanol–water partition coefficient (Wildman–Crippen LogP) is 0.507. The molecule has 1 aromatic heterocycles. The van der Waals surface area contributed by atoms with Crippen LogP contribution in [0.1, 0.15) is 18.1 Å². The van der Waals surface area contributed by atoms with Crippen LogP contribution in [-0.2, 0) is 27.2 Å². The molecule has 172 valence electrons. The van der Waals surface area contributed by atoms with E-state index >= 15 is 0 Å². The average Bonchev–Trinajstić information content (AvgIpc) is 3.20. The van der Waals surface area contributed by atoms with E-state index in [1.807, 2.05) is 24.3 Å². The first-order valence-electron chi connectivity index (χ1n) is 10.7. The molecule has 1 aliphatic heterocycles. The van der Waals surface area contributed by atoms with Crippen LogP contribution < -0.4 is 16.0 Å². The molecule has 1 saturated heterocycles. The molecule has 9 heteroatoms. The lowest BCUT2D eigenvalue weighted by molar-refractivity contribution is -0.132. The number of para-hydroxylation sites is 1. The number of rotatable bonds is 5. The lowest BCUT2D eigenvalue weighted by Crippen LogP contribution is -2.55. The zero-order chi connectivity index (χ0) is 23.5. The minimum absolute atomic E-state index is 0.0875. The summed E-state index contributed by atoms with van der Waals surface area (Å²) in [6, 6.07) is 10.8. The highest BCUT2D eigenvalue weighted by Gasteiger charge is 2.36. The highest BCUT2D eigenvalue weighted by atomic mass is 16.3. The summed E-state index contributed by atoms with van der Waals surface area (Å²) in [7, 11) is 0. The molecule has 9 nitrogen and oxygen atoms in total. The molecule has 0 saturated carbocycles. The molecule has 0 radical (unpaired) electrons. The van der Waals surface area contributed by atoms with Gasteiger partial charge in [-0.25, -0.2) is 0 Å². The standard InChI is InChI=1S/C24H26N4O5/c1-13(29)21-24(33)27-19(10-14-6-8-16(30)9-7-14)22(31)26-20(23(32)28-21)11-15-12-25-18-5-3-2-4-17(15)18/h2-9,12-13,19-21,25,29-30H,10-11H2,1H3,(H,26,31)(H,27,33)(H,28,32). The molecule has 2 aromatic carbocycles. The number of fused-ring (bicyclic) bond motifs is 1. The van der Waals surface area contributed by atoms with Crippen LogP contribution in [0.15, 0.2) is 54.7 Å². The number of hydrogen-bond acceptors (Lipinski definition) is 5. The molecule has 4 unspecified atom stereocenters. The SMILES string of the molecule is CC(O)C1NC(=O)C(Cc2c[nH]c3ccccc23)NC(=O)C(Cc2ccc(O)cc2)NC1=O. The Morgan fingerprint density at radius 2 is 1.48 bits per heavy atom. The molecule has 4 atom stereocenters. The minimum atomic E-state index is -1.21. The highest BCUT2D eigenvalue weighted by Crippen LogP contribution is 2.20. The van der Waals surface area contributed by atoms with Crippen molar-refractivity contribution in [3.05, 3.63) is 65.9 Å². The summed E-state index contributed by atoms with van der Waals surface area (Å²) in [6.07, 6.45) is 0.984. The normalized spacial score (nSPS) is 22.5. The molecule has 0 aliphatic carbocycles. The Morgan fingerprint density at radius 3 is 2.21 bits per heavy atom. The molecule has 33 heavy (non-hydrogen) atoms. The first kappa shape index (κ1) is 22.3. The van der Waals surface area contributed by atoms with E-state index in [1.54, 1.807) is 18.3 Å². The van der Waals surface area contributed by atoms with Crippen molar-refractivity contribution in [1.82, 2.24) is 20.9 Å². The Kier molecular flexibility index (Phi) is 6.32. The molecule has 2 heterocycles. The van der Waals surface area contributed by atoms with Gasteiger partial charge in [0.25, 0.3) is 0 Å². The van der Waals surface area contributed by atoms with Gasteiger partial charge in [0, 0.05) is 29.9 Å². The topological polar surface area (TPSA) is 144 Å². The molecule has 1 fully saturated rings. The number of aromatic nitrogens is 1. The van der Waals surface area contributed by atoms with Gasteiger partial charge in [-0.05, 0) is 36.2 Å². The Bertz CT molecular complexity index is 1170. The number of hydrogen-bond donors (Lipinski definition) is 6. The van der Waals surface area contributed by atoms with Crippen LogP contribution in [0.3, 0.4) is 0 Å². The Labute approximate surface area is 190 Å². The van der Waals surface area contributed by atoms with Gasteiger partial charge < -0.3 is 31.1 Å². The summed E-state index contributed by atoms with van der Waals surface area (Å²) in [6.45, 7) is 1.40. The van der Waals surface area contributed by atoms with Crippen LogP contribution in [0.4, 0.5) is 0 Å². The summed E-state index contributed by atoms with van der Waals surface area (Å²) in [5, 5.41) is 28.5. The summed E-state index contributed by atoms with van der Waals surface area (Å²) >= 11 is 0. The van der Waals surface area contributed by atoms with E-state index in [4.69, 9.17) is 0 Å². The van der Waals surface area contributed by atoms with Gasteiger partial charge in [-0.3, -0.25) is 14.4 Å². The maximum Gasteiger partial charge on any atom is 0.245 e. The van der Waals surface area contributed by atoms with Crippen molar-refractivity contribution in [1.29, 1.82) is 0 Å². The molecule has 3 aromatic rings. The first-order chi connectivity index (χ1) is 15.8. The smallest absolute Gasteiger partial charge is 0.245 e. The third kappa shape index (κ3) is 4.98. The van der Waals surface area contributed by atoms with E-state index in [9.17, 15) is 24.6 Å². The van der Waals surface area contributed by atoms with Crippen molar-refractivity contribution in [2.75, 3.05) is 0 Å². The second-order valence-electron chi connectivity index (χ2n) is 8.28. The van der Waals surface area contributed by atoms with Crippen LogP contribution in [0.25, 0.3) is 10.9 Å². The van der Waals surface area contributed by atoms with E-state index in [0.29, 0.717) is 5.56 Å². The van der Waals surface area contributed by atoms with Gasteiger partial charge in [0.1, 0.15) is 23.9 Å². The number of H-pyrrole nitrogens is 1. The van der Waals surface area contributed by atoms with E-state index in [1.165, 1.54) is 19.1 Å². The fourth-order valence-electron chi connectivity index (χ4n) is 4.00. The largest absolute Gasteiger partial charge is 0.508 e. The van der Waals surface area contributed by atoms with Crippen molar-refractivity contribution >= 4 is 28.6 Å². The van der Waals surface area contributed by atoms with Crippen LogP contribution in [-0.4, -0.2) is 57.1 Å². The number of aliphatic hydroxyl groups excluding tert-OH is 1. The average molecular weight is 450 g/mol. The van der Waals surface area contributed by atoms with Crippen molar-refractivity contribution in [3.63, 3.8) is 0 Å². The number of phenolic OH excluding ortho intramolecular Hbond substituents is 1. The lowest BCUT2D eigenvalue weighted by atomic mass is 10.0. The van der Waals surface area contributed by atoms with Crippen LogP contribution in [0.2, 0.25) is 0 Å². The Balaban J connectivity index is 1.63. The van der Waals surface area contributed by atoms with Crippen molar-refractivity contribution < 1.29 is 24.6 Å². The third-order valence-electron chi connectivity index (χ3n) is 5.80. The molecule has 3 amide bonds. The molecule has 1 aliphatic rings. The number of carbonyl (C=O) groups excluding carboxylic acids is 3. The quantitative estimate of drug-likeness (QED) is 0.336. The van der Waals surface area contributed by atoms with Gasteiger partial charge >= 0.3 is 0 Å². The Morgan fingerprint density at radius 1 is 0.848 bits per heavy atom. The maximum atomic E-state index is 13.1. The van der Waals surface area contributed by atoms with Crippen molar-refractivity contribution in [3.8, 4) is 5.75 Å². The van der Waals surface area contributed by atoms with Gasteiger partial charge in [0.2, 0.25) is 17.7 Å². The van der Waals surface area contributed by atoms with Crippen LogP contribution in [0.5, 0.6) is 5.75 Å². The number of carbonyl (C=O) groups is 3. The summed E-state index contributed by atoms with van der Waals surface area (Å²) in [5.74, 6) is -1.63. The van der Waals surface area contributed by atoms with Crippen LogP contribution >= 0.6 is 0 Å². The third-order valence-corrected chi connectivity index (χ3v) is 5.80. The molecular formula is C24H26N4O5. The fraction of sp³-hybridized carbons (Fsp3) is 0.292. The highest BCUT2D eigenvalue weighted by molar-refractivity contribution is 5.98. The number of aliphatic hydroxyl groups is 1. The van der Waals surface area contributed by atoms with Gasteiger partial charge in [-0.1, -0.05) is 30.3 Å². The van der Waals surface area contributed by atoms with E-state index in [-0.39, 0.29) is 18.6 Å². The summed E-state index contributed by atoms with van der Waals surface area (Å²) in [5.41, 5.74) is 2.47. The lowest BCUT2D eigenvalue weighted by Gasteiger charge is -2.22. The molecule has 4 rings (SSSR count). The fourth-order valence-corrected chi connectivity index (χ4v) is 4.00.